The number of pyridine rings is 1. The third-order valence-electron chi connectivity index (χ3n) is 7.03. The van der Waals surface area contributed by atoms with Crippen molar-refractivity contribution < 1.29 is 14.1 Å². The zero-order chi connectivity index (χ0) is 27.7. The number of rotatable bonds is 18. The van der Waals surface area contributed by atoms with Gasteiger partial charge in [0.15, 0.2) is 12.4 Å². The molecule has 3 aromatic rings. The van der Waals surface area contributed by atoms with Gasteiger partial charge in [0, 0.05) is 24.2 Å². The number of unbranched alkanes of at least 4 members (excludes halogenated alkanes) is 9. The van der Waals surface area contributed by atoms with Crippen LogP contribution in [0.4, 0.5) is 5.69 Å². The Kier molecular flexibility index (Phi) is 13.9. The van der Waals surface area contributed by atoms with Crippen LogP contribution >= 0.6 is 11.6 Å². The molecule has 5 heteroatoms. The molecule has 0 aliphatic rings. The van der Waals surface area contributed by atoms with Crippen molar-refractivity contribution in [3.05, 3.63) is 89.2 Å². The van der Waals surface area contributed by atoms with Crippen molar-refractivity contribution in [3.8, 4) is 5.75 Å². The van der Waals surface area contributed by atoms with Gasteiger partial charge < -0.3 is 9.64 Å². The number of carbonyl (C=O) groups excluding carboxylic acids is 1. The van der Waals surface area contributed by atoms with Crippen molar-refractivity contribution in [2.45, 2.75) is 97.6 Å². The standard InChI is InChI=1S/C34H46ClN2O2/c1-3-5-6-7-8-9-10-11-12-16-26-39-33-20-19-29(27-32(33)35)28-37(31-17-14-13-15-18-31)34(38)30-21-24-36(23-4-2)25-22-30/h13-15,17-22,24-25,27H,3-12,16,23,26,28H2,1-2H3/q+1. The van der Waals surface area contributed by atoms with E-state index in [0.29, 0.717) is 29.5 Å². The molecule has 0 saturated carbocycles. The molecule has 1 aromatic heterocycles. The van der Waals surface area contributed by atoms with E-state index >= 15 is 0 Å². The Morgan fingerprint density at radius 2 is 1.44 bits per heavy atom. The van der Waals surface area contributed by atoms with Crippen LogP contribution in [-0.2, 0) is 13.1 Å². The molecule has 0 saturated heterocycles. The van der Waals surface area contributed by atoms with Crippen molar-refractivity contribution in [2.75, 3.05) is 11.5 Å². The van der Waals surface area contributed by atoms with Gasteiger partial charge in [-0.05, 0) is 36.2 Å². The minimum Gasteiger partial charge on any atom is -0.492 e. The summed E-state index contributed by atoms with van der Waals surface area (Å²) >= 11 is 6.60. The average molecular weight is 550 g/mol. The van der Waals surface area contributed by atoms with Gasteiger partial charge in [-0.15, -0.1) is 0 Å². The summed E-state index contributed by atoms with van der Waals surface area (Å²) < 4.78 is 8.08. The molecule has 0 aliphatic carbocycles. The number of nitrogens with zero attached hydrogens (tertiary/aromatic N) is 2. The molecule has 0 unspecified atom stereocenters. The zero-order valence-corrected chi connectivity index (χ0v) is 24.7. The second kappa shape index (κ2) is 17.7. The van der Waals surface area contributed by atoms with Gasteiger partial charge in [0.25, 0.3) is 5.91 Å². The maximum absolute atomic E-state index is 13.6. The SMILES string of the molecule is CCCCCCCCCCCCOc1ccc(CN(C(=O)c2cc[n+](CCC)cc2)c2ccccc2)cc1Cl. The van der Waals surface area contributed by atoms with E-state index in [0.717, 1.165) is 30.6 Å². The van der Waals surface area contributed by atoms with Crippen molar-refractivity contribution >= 4 is 23.2 Å². The Hall–Kier alpha value is -2.85. The summed E-state index contributed by atoms with van der Waals surface area (Å²) in [6.07, 6.45) is 18.0. The van der Waals surface area contributed by atoms with E-state index in [1.165, 1.54) is 57.8 Å². The third kappa shape index (κ3) is 10.7. The van der Waals surface area contributed by atoms with Gasteiger partial charge in [-0.1, -0.05) is 108 Å². The number of benzene rings is 2. The first-order valence-electron chi connectivity index (χ1n) is 14.9. The number of aromatic nitrogens is 1. The molecule has 1 heterocycles. The van der Waals surface area contributed by atoms with Gasteiger partial charge in [-0.25, -0.2) is 4.57 Å². The summed E-state index contributed by atoms with van der Waals surface area (Å²) in [6, 6.07) is 19.4. The number of aryl methyl sites for hydroxylation is 1. The van der Waals surface area contributed by atoms with Crippen molar-refractivity contribution in [1.82, 2.24) is 0 Å². The third-order valence-corrected chi connectivity index (χ3v) is 7.32. The molecule has 3 rings (SSSR count). The number of carbonyl (C=O) groups is 1. The summed E-state index contributed by atoms with van der Waals surface area (Å²) in [7, 11) is 0. The fraction of sp³-hybridized carbons (Fsp3) is 0.471. The highest BCUT2D eigenvalue weighted by Crippen LogP contribution is 2.28. The molecule has 0 spiro atoms. The normalized spacial score (nSPS) is 10.9. The molecule has 0 radical (unpaired) electrons. The van der Waals surface area contributed by atoms with E-state index < -0.39 is 0 Å². The molecule has 2 aromatic carbocycles. The Labute approximate surface area is 241 Å². The summed E-state index contributed by atoms with van der Waals surface area (Å²) in [5.41, 5.74) is 2.47. The smallest absolute Gasteiger partial charge is 0.259 e. The minimum atomic E-state index is -0.0396. The highest BCUT2D eigenvalue weighted by atomic mass is 35.5. The molecule has 0 N–H and O–H groups in total. The average Bonchev–Trinajstić information content (AvgIpc) is 2.96. The number of halogens is 1. The highest BCUT2D eigenvalue weighted by molar-refractivity contribution is 6.32. The van der Waals surface area contributed by atoms with Crippen molar-refractivity contribution in [2.24, 2.45) is 0 Å². The van der Waals surface area contributed by atoms with E-state index in [9.17, 15) is 4.79 Å². The molecule has 0 bridgehead atoms. The van der Waals surface area contributed by atoms with Gasteiger partial charge in [-0.3, -0.25) is 4.79 Å². The number of para-hydroxylation sites is 1. The summed E-state index contributed by atoms with van der Waals surface area (Å²) in [5.74, 6) is 0.666. The van der Waals surface area contributed by atoms with Gasteiger partial charge in [-0.2, -0.15) is 0 Å². The van der Waals surface area contributed by atoms with E-state index in [4.69, 9.17) is 16.3 Å². The van der Waals surface area contributed by atoms with Crippen molar-refractivity contribution in [1.29, 1.82) is 0 Å². The first kappa shape index (κ1) is 30.7. The monoisotopic (exact) mass is 549 g/mol. The predicted octanol–water partition coefficient (Wildman–Crippen LogP) is 9.18. The number of hydrogen-bond acceptors (Lipinski definition) is 2. The lowest BCUT2D eigenvalue weighted by atomic mass is 10.1. The number of anilines is 1. The van der Waals surface area contributed by atoms with Gasteiger partial charge in [0.05, 0.1) is 23.7 Å². The molecule has 0 atom stereocenters. The lowest BCUT2D eigenvalue weighted by Crippen LogP contribution is -2.34. The van der Waals surface area contributed by atoms with Crippen LogP contribution in [0.3, 0.4) is 0 Å². The largest absolute Gasteiger partial charge is 0.492 e. The van der Waals surface area contributed by atoms with Crippen LogP contribution < -0.4 is 14.2 Å². The van der Waals surface area contributed by atoms with E-state index in [1.54, 1.807) is 4.90 Å². The van der Waals surface area contributed by atoms with Gasteiger partial charge in [0.1, 0.15) is 12.3 Å². The van der Waals surface area contributed by atoms with Gasteiger partial charge in [0.2, 0.25) is 0 Å². The molecular formula is C34H46ClN2O2+. The lowest BCUT2D eigenvalue weighted by molar-refractivity contribution is -0.697. The second-order valence-electron chi connectivity index (χ2n) is 10.3. The molecule has 1 amide bonds. The Balaban J connectivity index is 1.52. The van der Waals surface area contributed by atoms with Crippen LogP contribution in [0.1, 0.15) is 100 Å². The lowest BCUT2D eigenvalue weighted by Gasteiger charge is -2.23. The predicted molar refractivity (Wildman–Crippen MR) is 163 cm³/mol. The van der Waals surface area contributed by atoms with Crippen molar-refractivity contribution in [3.63, 3.8) is 0 Å². The van der Waals surface area contributed by atoms with Crippen LogP contribution in [0.15, 0.2) is 73.1 Å². The quantitative estimate of drug-likeness (QED) is 0.117. The fourth-order valence-corrected chi connectivity index (χ4v) is 5.02. The highest BCUT2D eigenvalue weighted by Gasteiger charge is 2.20. The number of amides is 1. The van der Waals surface area contributed by atoms with E-state index in [2.05, 4.69) is 18.4 Å². The van der Waals surface area contributed by atoms with Crippen LogP contribution in [0, 0.1) is 0 Å². The number of ether oxygens (including phenoxy) is 1. The summed E-state index contributed by atoms with van der Waals surface area (Å²) in [6.45, 7) is 6.44. The van der Waals surface area contributed by atoms with Crippen LogP contribution in [0.5, 0.6) is 5.75 Å². The molecule has 210 valence electrons. The Morgan fingerprint density at radius 3 is 2.05 bits per heavy atom. The second-order valence-corrected chi connectivity index (χ2v) is 10.8. The van der Waals surface area contributed by atoms with E-state index in [1.807, 2.05) is 73.1 Å². The molecule has 4 nitrogen and oxygen atoms in total. The van der Waals surface area contributed by atoms with Crippen LogP contribution in [-0.4, -0.2) is 12.5 Å². The van der Waals surface area contributed by atoms with Gasteiger partial charge >= 0.3 is 0 Å². The van der Waals surface area contributed by atoms with Crippen LogP contribution in [0.2, 0.25) is 5.02 Å². The maximum Gasteiger partial charge on any atom is 0.259 e. The first-order chi connectivity index (χ1) is 19.1. The Morgan fingerprint density at radius 1 is 0.795 bits per heavy atom. The van der Waals surface area contributed by atoms with Crippen LogP contribution in [0.25, 0.3) is 0 Å². The first-order valence-corrected chi connectivity index (χ1v) is 15.3. The topological polar surface area (TPSA) is 33.4 Å². The summed E-state index contributed by atoms with van der Waals surface area (Å²) in [4.78, 5) is 15.4. The Bertz CT molecular complexity index is 1100. The fourth-order valence-electron chi connectivity index (χ4n) is 4.77. The number of hydrogen-bond donors (Lipinski definition) is 0. The molecule has 0 aliphatic heterocycles. The van der Waals surface area contributed by atoms with E-state index in [-0.39, 0.29) is 5.91 Å². The molecule has 0 fully saturated rings. The molecular weight excluding hydrogens is 504 g/mol. The summed E-state index contributed by atoms with van der Waals surface area (Å²) in [5, 5.41) is 0.584. The zero-order valence-electron chi connectivity index (χ0n) is 23.9. The minimum absolute atomic E-state index is 0.0396. The molecule has 39 heavy (non-hydrogen) atoms. The maximum atomic E-state index is 13.6.